The van der Waals surface area contributed by atoms with Crippen LogP contribution >= 0.6 is 0 Å². The molecule has 1 aromatic heterocycles. The highest BCUT2D eigenvalue weighted by Crippen LogP contribution is 2.20. The molecule has 0 aliphatic heterocycles. The zero-order chi connectivity index (χ0) is 24.0. The van der Waals surface area contributed by atoms with Crippen molar-refractivity contribution in [3.05, 3.63) is 102 Å². The molecule has 1 atom stereocenters. The minimum Gasteiger partial charge on any atom is -0.497 e. The van der Waals surface area contributed by atoms with Gasteiger partial charge in [-0.1, -0.05) is 48.5 Å². The number of methoxy groups -OCH3 is 1. The van der Waals surface area contributed by atoms with E-state index >= 15 is 0 Å². The monoisotopic (exact) mass is 455 g/mol. The summed E-state index contributed by atoms with van der Waals surface area (Å²) in [6, 6.07) is 25.1. The number of carbonyl (C=O) groups excluding carboxylic acids is 2. The summed E-state index contributed by atoms with van der Waals surface area (Å²) in [6.45, 7) is 2.17. The smallest absolute Gasteiger partial charge is 0.246 e. The molecule has 34 heavy (non-hydrogen) atoms. The van der Waals surface area contributed by atoms with Crippen LogP contribution in [0.15, 0.2) is 85.1 Å². The van der Waals surface area contributed by atoms with Crippen LogP contribution in [0.5, 0.6) is 5.75 Å². The predicted octanol–water partition coefficient (Wildman–Crippen LogP) is 4.15. The molecule has 3 aromatic carbocycles. The highest BCUT2D eigenvalue weighted by atomic mass is 16.5. The first-order valence-corrected chi connectivity index (χ1v) is 11.3. The largest absolute Gasteiger partial charge is 0.497 e. The number of benzene rings is 3. The number of ether oxygens (including phenoxy) is 1. The van der Waals surface area contributed by atoms with E-state index in [1.54, 1.807) is 14.0 Å². The zero-order valence-electron chi connectivity index (χ0n) is 19.4. The van der Waals surface area contributed by atoms with Gasteiger partial charge in [-0.25, -0.2) is 0 Å². The Morgan fingerprint density at radius 1 is 0.912 bits per heavy atom. The van der Waals surface area contributed by atoms with Crippen LogP contribution in [0, 0.1) is 0 Å². The Morgan fingerprint density at radius 3 is 2.38 bits per heavy atom. The van der Waals surface area contributed by atoms with Crippen LogP contribution in [0.1, 0.15) is 23.6 Å². The summed E-state index contributed by atoms with van der Waals surface area (Å²) in [5.74, 6) is 0.285. The lowest BCUT2D eigenvalue weighted by molar-refractivity contribution is -0.132. The van der Waals surface area contributed by atoms with E-state index in [0.29, 0.717) is 13.0 Å². The number of carbonyl (C=O) groups is 2. The van der Waals surface area contributed by atoms with Gasteiger partial charge >= 0.3 is 0 Å². The third kappa shape index (κ3) is 5.64. The van der Waals surface area contributed by atoms with Crippen molar-refractivity contribution < 1.29 is 14.3 Å². The number of aromatic nitrogens is 1. The lowest BCUT2D eigenvalue weighted by Crippen LogP contribution is -2.58. The van der Waals surface area contributed by atoms with Crippen molar-refractivity contribution in [3.63, 3.8) is 0 Å². The van der Waals surface area contributed by atoms with E-state index < -0.39 is 5.54 Å². The number of H-pyrrole nitrogens is 1. The fraction of sp³-hybridized carbons (Fsp3) is 0.214. The van der Waals surface area contributed by atoms with Gasteiger partial charge in [-0.2, -0.15) is 0 Å². The first-order valence-electron chi connectivity index (χ1n) is 11.3. The number of nitrogens with one attached hydrogen (secondary N) is 3. The molecule has 4 aromatic rings. The molecule has 4 rings (SSSR count). The van der Waals surface area contributed by atoms with Crippen LogP contribution < -0.4 is 15.4 Å². The van der Waals surface area contributed by atoms with E-state index in [0.717, 1.165) is 33.3 Å². The molecule has 0 saturated heterocycles. The van der Waals surface area contributed by atoms with Crippen molar-refractivity contribution in [3.8, 4) is 5.75 Å². The maximum atomic E-state index is 13.4. The Labute approximate surface area is 199 Å². The first-order chi connectivity index (χ1) is 16.4. The van der Waals surface area contributed by atoms with E-state index in [-0.39, 0.29) is 18.2 Å². The SMILES string of the molecule is COc1ccc(CC(=O)NC(C)(Cc2ccc3[nH]ccc3c2)C(=O)NCc2ccccc2)cc1. The standard InChI is InChI=1S/C28H29N3O3/c1-28(27(33)30-19-21-6-4-3-5-7-21,18-22-10-13-25-23(16-22)14-15-29-25)31-26(32)17-20-8-11-24(34-2)12-9-20/h3-16,29H,17-19H2,1-2H3,(H,30,33)(H,31,32). The first kappa shape index (κ1) is 23.1. The molecule has 1 heterocycles. The van der Waals surface area contributed by atoms with E-state index in [9.17, 15) is 9.59 Å². The van der Waals surface area contributed by atoms with Crippen LogP contribution in [0.4, 0.5) is 0 Å². The van der Waals surface area contributed by atoms with Crippen LogP contribution in [0.25, 0.3) is 10.9 Å². The summed E-state index contributed by atoms with van der Waals surface area (Å²) in [5, 5.41) is 7.07. The van der Waals surface area contributed by atoms with Crippen LogP contribution in [0.3, 0.4) is 0 Å². The summed E-state index contributed by atoms with van der Waals surface area (Å²) in [6.07, 6.45) is 2.42. The summed E-state index contributed by atoms with van der Waals surface area (Å²) < 4.78 is 5.18. The van der Waals surface area contributed by atoms with Gasteiger partial charge in [-0.3, -0.25) is 9.59 Å². The molecule has 0 bridgehead atoms. The fourth-order valence-electron chi connectivity index (χ4n) is 4.06. The summed E-state index contributed by atoms with van der Waals surface area (Å²) in [7, 11) is 1.60. The number of hydrogen-bond donors (Lipinski definition) is 3. The average molecular weight is 456 g/mol. The molecule has 0 aliphatic rings. The Kier molecular flexibility index (Phi) is 6.97. The topological polar surface area (TPSA) is 83.2 Å². The zero-order valence-corrected chi connectivity index (χ0v) is 19.4. The van der Waals surface area contributed by atoms with E-state index in [1.807, 2.05) is 85.1 Å². The number of hydrogen-bond acceptors (Lipinski definition) is 3. The lowest BCUT2D eigenvalue weighted by atomic mass is 9.90. The minimum atomic E-state index is -1.12. The summed E-state index contributed by atoms with van der Waals surface area (Å²) >= 11 is 0. The molecule has 2 amide bonds. The van der Waals surface area contributed by atoms with Crippen molar-refractivity contribution in [1.82, 2.24) is 15.6 Å². The van der Waals surface area contributed by atoms with Crippen molar-refractivity contribution in [1.29, 1.82) is 0 Å². The highest BCUT2D eigenvalue weighted by molar-refractivity contribution is 5.92. The van der Waals surface area contributed by atoms with Gasteiger partial charge < -0.3 is 20.4 Å². The number of amides is 2. The number of rotatable bonds is 9. The second-order valence-electron chi connectivity index (χ2n) is 8.65. The maximum absolute atomic E-state index is 13.4. The van der Waals surface area contributed by atoms with Gasteiger partial charge in [-0.15, -0.1) is 0 Å². The molecule has 0 aliphatic carbocycles. The lowest BCUT2D eigenvalue weighted by Gasteiger charge is -2.30. The molecule has 0 fully saturated rings. The second kappa shape index (κ2) is 10.3. The quantitative estimate of drug-likeness (QED) is 0.355. The van der Waals surface area contributed by atoms with Gasteiger partial charge in [-0.05, 0) is 59.3 Å². The van der Waals surface area contributed by atoms with Crippen LogP contribution in [-0.2, 0) is 29.0 Å². The van der Waals surface area contributed by atoms with E-state index in [2.05, 4.69) is 15.6 Å². The van der Waals surface area contributed by atoms with Gasteiger partial charge in [0.25, 0.3) is 0 Å². The summed E-state index contributed by atoms with van der Waals surface area (Å²) in [5.41, 5.74) is 2.72. The molecule has 0 spiro atoms. The molecular formula is C28H29N3O3. The Hall–Kier alpha value is -4.06. The van der Waals surface area contributed by atoms with Crippen molar-refractivity contribution >= 4 is 22.7 Å². The summed E-state index contributed by atoms with van der Waals surface area (Å²) in [4.78, 5) is 29.6. The minimum absolute atomic E-state index is 0.169. The Balaban J connectivity index is 1.52. The van der Waals surface area contributed by atoms with E-state index in [4.69, 9.17) is 4.74 Å². The van der Waals surface area contributed by atoms with Crippen molar-refractivity contribution in [2.75, 3.05) is 7.11 Å². The maximum Gasteiger partial charge on any atom is 0.246 e. The van der Waals surface area contributed by atoms with Gasteiger partial charge in [0.15, 0.2) is 0 Å². The third-order valence-corrected chi connectivity index (χ3v) is 5.91. The molecular weight excluding hydrogens is 426 g/mol. The van der Waals surface area contributed by atoms with Gasteiger partial charge in [0, 0.05) is 24.7 Å². The highest BCUT2D eigenvalue weighted by Gasteiger charge is 2.35. The predicted molar refractivity (Wildman–Crippen MR) is 134 cm³/mol. The van der Waals surface area contributed by atoms with Crippen LogP contribution in [0.2, 0.25) is 0 Å². The molecule has 0 radical (unpaired) electrons. The molecule has 3 N–H and O–H groups in total. The molecule has 174 valence electrons. The molecule has 1 unspecified atom stereocenters. The van der Waals surface area contributed by atoms with Gasteiger partial charge in [0.1, 0.15) is 11.3 Å². The second-order valence-corrected chi connectivity index (χ2v) is 8.65. The third-order valence-electron chi connectivity index (χ3n) is 5.91. The molecule has 6 heteroatoms. The number of aromatic amines is 1. The van der Waals surface area contributed by atoms with Crippen LogP contribution in [-0.4, -0.2) is 29.4 Å². The fourth-order valence-corrected chi connectivity index (χ4v) is 4.06. The van der Waals surface area contributed by atoms with Crippen molar-refractivity contribution in [2.45, 2.75) is 31.8 Å². The van der Waals surface area contributed by atoms with Gasteiger partial charge in [0.2, 0.25) is 11.8 Å². The van der Waals surface area contributed by atoms with Gasteiger partial charge in [0.05, 0.1) is 13.5 Å². The average Bonchev–Trinajstić information content (AvgIpc) is 3.31. The van der Waals surface area contributed by atoms with Crippen molar-refractivity contribution in [2.24, 2.45) is 0 Å². The molecule has 6 nitrogen and oxygen atoms in total. The Bertz CT molecular complexity index is 1270. The Morgan fingerprint density at radius 2 is 1.65 bits per heavy atom. The van der Waals surface area contributed by atoms with E-state index in [1.165, 1.54) is 0 Å². The normalized spacial score (nSPS) is 12.6. The number of fused-ring (bicyclic) bond motifs is 1. The molecule has 0 saturated carbocycles.